The quantitative estimate of drug-likeness (QED) is 0.809. The van der Waals surface area contributed by atoms with Crippen molar-refractivity contribution in [2.24, 2.45) is 0 Å². The highest BCUT2D eigenvalue weighted by molar-refractivity contribution is 7.92. The number of carbonyl (C=O) groups is 1. The van der Waals surface area contributed by atoms with E-state index in [0.717, 1.165) is 12.0 Å². The number of nitrogens with one attached hydrogen (secondary N) is 1. The first-order valence-electron chi connectivity index (χ1n) is 7.71. The highest BCUT2D eigenvalue weighted by Crippen LogP contribution is 2.21. The highest BCUT2D eigenvalue weighted by Gasteiger charge is 2.17. The molecule has 5 nitrogen and oxygen atoms in total. The summed E-state index contributed by atoms with van der Waals surface area (Å²) in [7, 11) is -3.68. The topological polar surface area (TPSA) is 72.5 Å². The van der Waals surface area contributed by atoms with Gasteiger partial charge < -0.3 is 4.74 Å². The molecule has 0 aliphatic rings. The molecule has 0 amide bonds. The van der Waals surface area contributed by atoms with Gasteiger partial charge >= 0.3 is 5.97 Å². The van der Waals surface area contributed by atoms with Crippen LogP contribution >= 0.6 is 0 Å². The summed E-state index contributed by atoms with van der Waals surface area (Å²) in [5.41, 5.74) is 2.32. The van der Waals surface area contributed by atoms with Gasteiger partial charge in [-0.1, -0.05) is 19.1 Å². The van der Waals surface area contributed by atoms with Gasteiger partial charge in [-0.15, -0.1) is 0 Å². The van der Waals surface area contributed by atoms with Crippen molar-refractivity contribution in [3.05, 3.63) is 59.2 Å². The summed E-state index contributed by atoms with van der Waals surface area (Å²) < 4.78 is 32.6. The van der Waals surface area contributed by atoms with Crippen molar-refractivity contribution in [3.63, 3.8) is 0 Å². The fourth-order valence-electron chi connectivity index (χ4n) is 2.16. The zero-order chi connectivity index (χ0) is 17.7. The van der Waals surface area contributed by atoms with E-state index in [9.17, 15) is 13.2 Å². The minimum Gasteiger partial charge on any atom is -0.462 e. The molecular weight excluding hydrogens is 326 g/mol. The average molecular weight is 347 g/mol. The summed E-state index contributed by atoms with van der Waals surface area (Å²) in [6.07, 6.45) is 0.749. The van der Waals surface area contributed by atoms with Crippen molar-refractivity contribution >= 4 is 21.7 Å². The molecule has 0 unspecified atom stereocenters. The van der Waals surface area contributed by atoms with E-state index in [0.29, 0.717) is 23.4 Å². The molecule has 24 heavy (non-hydrogen) atoms. The van der Waals surface area contributed by atoms with Crippen LogP contribution in [-0.2, 0) is 14.8 Å². The maximum absolute atomic E-state index is 12.5. The number of hydrogen-bond acceptors (Lipinski definition) is 4. The summed E-state index contributed by atoms with van der Waals surface area (Å²) in [6, 6.07) is 11.4. The number of rotatable bonds is 6. The van der Waals surface area contributed by atoms with Crippen LogP contribution in [0.2, 0.25) is 0 Å². The second-order valence-corrected chi connectivity index (χ2v) is 7.24. The standard InChI is InChI=1S/C18H21NO4S/c1-4-11-23-18(20)15-7-9-16(10-8-15)19-24(21,22)17-12-13(2)5-6-14(17)3/h5-10,12,19H,4,11H2,1-3H3. The second-order valence-electron chi connectivity index (χ2n) is 5.59. The fraction of sp³-hybridized carbons (Fsp3) is 0.278. The number of aryl methyl sites for hydroxylation is 2. The van der Waals surface area contributed by atoms with E-state index in [-0.39, 0.29) is 4.90 Å². The molecule has 0 atom stereocenters. The van der Waals surface area contributed by atoms with Gasteiger partial charge in [0.1, 0.15) is 0 Å². The third-order valence-corrected chi connectivity index (χ3v) is 4.97. The van der Waals surface area contributed by atoms with Crippen molar-refractivity contribution in [2.75, 3.05) is 11.3 Å². The van der Waals surface area contributed by atoms with Crippen LogP contribution in [0.1, 0.15) is 34.8 Å². The second kappa shape index (κ2) is 7.49. The Labute approximate surface area is 142 Å². The average Bonchev–Trinajstić information content (AvgIpc) is 2.55. The Morgan fingerprint density at radius 2 is 1.75 bits per heavy atom. The number of hydrogen-bond donors (Lipinski definition) is 1. The molecule has 0 aromatic heterocycles. The van der Waals surface area contributed by atoms with Crippen molar-refractivity contribution in [3.8, 4) is 0 Å². The molecule has 2 rings (SSSR count). The molecule has 0 aliphatic carbocycles. The summed E-state index contributed by atoms with van der Waals surface area (Å²) >= 11 is 0. The van der Waals surface area contributed by atoms with Crippen molar-refractivity contribution in [1.29, 1.82) is 0 Å². The number of ether oxygens (including phenoxy) is 1. The Bertz CT molecular complexity index is 827. The van der Waals surface area contributed by atoms with Crippen LogP contribution in [-0.4, -0.2) is 21.0 Å². The number of carbonyl (C=O) groups excluding carboxylic acids is 1. The largest absolute Gasteiger partial charge is 0.462 e. The molecule has 0 bridgehead atoms. The van der Waals surface area contributed by atoms with E-state index in [4.69, 9.17) is 4.74 Å². The molecule has 0 saturated heterocycles. The minimum atomic E-state index is -3.68. The lowest BCUT2D eigenvalue weighted by Crippen LogP contribution is -2.14. The lowest BCUT2D eigenvalue weighted by molar-refractivity contribution is 0.0505. The molecule has 0 aliphatic heterocycles. The fourth-order valence-corrected chi connectivity index (χ4v) is 3.55. The van der Waals surface area contributed by atoms with Crippen LogP contribution in [0.15, 0.2) is 47.4 Å². The lowest BCUT2D eigenvalue weighted by atomic mass is 10.2. The normalized spacial score (nSPS) is 11.1. The van der Waals surface area contributed by atoms with E-state index >= 15 is 0 Å². The number of sulfonamides is 1. The van der Waals surface area contributed by atoms with Gasteiger partial charge in [-0.3, -0.25) is 4.72 Å². The van der Waals surface area contributed by atoms with Gasteiger partial charge in [0, 0.05) is 5.69 Å². The molecule has 2 aromatic carbocycles. The maximum Gasteiger partial charge on any atom is 0.338 e. The number of benzene rings is 2. The van der Waals surface area contributed by atoms with Gasteiger partial charge in [-0.2, -0.15) is 0 Å². The van der Waals surface area contributed by atoms with Crippen LogP contribution in [0.25, 0.3) is 0 Å². The predicted molar refractivity (Wildman–Crippen MR) is 93.7 cm³/mol. The van der Waals surface area contributed by atoms with E-state index in [1.165, 1.54) is 0 Å². The molecule has 0 heterocycles. The molecule has 6 heteroatoms. The van der Waals surface area contributed by atoms with Crippen molar-refractivity contribution in [2.45, 2.75) is 32.1 Å². The lowest BCUT2D eigenvalue weighted by Gasteiger charge is -2.11. The van der Waals surface area contributed by atoms with E-state index in [2.05, 4.69) is 4.72 Å². The number of anilines is 1. The Kier molecular flexibility index (Phi) is 5.62. The number of esters is 1. The minimum absolute atomic E-state index is 0.244. The molecule has 2 aromatic rings. The Balaban J connectivity index is 2.18. The third kappa shape index (κ3) is 4.35. The zero-order valence-corrected chi connectivity index (χ0v) is 14.8. The highest BCUT2D eigenvalue weighted by atomic mass is 32.2. The first kappa shape index (κ1) is 18.0. The first-order valence-corrected chi connectivity index (χ1v) is 9.19. The monoisotopic (exact) mass is 347 g/mol. The molecule has 0 saturated carbocycles. The van der Waals surface area contributed by atoms with E-state index in [1.807, 2.05) is 19.9 Å². The first-order chi connectivity index (χ1) is 11.3. The Morgan fingerprint density at radius 1 is 1.08 bits per heavy atom. The predicted octanol–water partition coefficient (Wildman–Crippen LogP) is 3.67. The molecular formula is C18H21NO4S. The maximum atomic E-state index is 12.5. The van der Waals surface area contributed by atoms with Gasteiger partial charge in [-0.05, 0) is 61.7 Å². The van der Waals surface area contributed by atoms with Crippen molar-refractivity contribution in [1.82, 2.24) is 0 Å². The van der Waals surface area contributed by atoms with Crippen LogP contribution in [0, 0.1) is 13.8 Å². The van der Waals surface area contributed by atoms with Gasteiger partial charge in [0.2, 0.25) is 0 Å². The van der Waals surface area contributed by atoms with Crippen LogP contribution in [0.5, 0.6) is 0 Å². The molecule has 1 N–H and O–H groups in total. The van der Waals surface area contributed by atoms with Gasteiger partial charge in [-0.25, -0.2) is 13.2 Å². The van der Waals surface area contributed by atoms with Crippen molar-refractivity contribution < 1.29 is 17.9 Å². The van der Waals surface area contributed by atoms with Gasteiger partial charge in [0.25, 0.3) is 10.0 Å². The third-order valence-electron chi connectivity index (χ3n) is 3.44. The van der Waals surface area contributed by atoms with E-state index in [1.54, 1.807) is 43.3 Å². The summed E-state index contributed by atoms with van der Waals surface area (Å²) in [6.45, 7) is 5.87. The SMILES string of the molecule is CCCOC(=O)c1ccc(NS(=O)(=O)c2cc(C)ccc2C)cc1. The zero-order valence-electron chi connectivity index (χ0n) is 14.0. The van der Waals surface area contributed by atoms with Gasteiger partial charge in [0.15, 0.2) is 0 Å². The molecule has 0 spiro atoms. The molecule has 128 valence electrons. The van der Waals surface area contributed by atoms with Crippen LogP contribution in [0.3, 0.4) is 0 Å². The van der Waals surface area contributed by atoms with Crippen LogP contribution in [0.4, 0.5) is 5.69 Å². The Morgan fingerprint density at radius 3 is 2.38 bits per heavy atom. The smallest absolute Gasteiger partial charge is 0.338 e. The summed E-state index contributed by atoms with van der Waals surface area (Å²) in [4.78, 5) is 12.0. The summed E-state index contributed by atoms with van der Waals surface area (Å²) in [5, 5.41) is 0. The van der Waals surface area contributed by atoms with E-state index < -0.39 is 16.0 Å². The summed E-state index contributed by atoms with van der Waals surface area (Å²) in [5.74, 6) is -0.416. The molecule has 0 radical (unpaired) electrons. The molecule has 0 fully saturated rings. The Hall–Kier alpha value is -2.34. The van der Waals surface area contributed by atoms with Gasteiger partial charge in [0.05, 0.1) is 17.1 Å². The van der Waals surface area contributed by atoms with Crippen LogP contribution < -0.4 is 4.72 Å².